The van der Waals surface area contributed by atoms with Crippen LogP contribution >= 0.6 is 34.8 Å². The van der Waals surface area contributed by atoms with Crippen molar-refractivity contribution in [1.29, 1.82) is 0 Å². The van der Waals surface area contributed by atoms with Gasteiger partial charge in [0.05, 0.1) is 31.0 Å². The summed E-state index contributed by atoms with van der Waals surface area (Å²) in [4.78, 5) is 56.2. The number of benzene rings is 4. The van der Waals surface area contributed by atoms with Crippen molar-refractivity contribution in [3.8, 4) is 46.8 Å². The van der Waals surface area contributed by atoms with Crippen LogP contribution in [0.15, 0.2) is 177 Å². The van der Waals surface area contributed by atoms with E-state index in [0.29, 0.717) is 56.7 Å². The van der Waals surface area contributed by atoms with Gasteiger partial charge in [-0.3, -0.25) is 29.3 Å². The summed E-state index contributed by atoms with van der Waals surface area (Å²) in [5.74, 6) is -1.13. The molecule has 21 heteroatoms. The number of carbonyl (C=O) groups is 3. The maximum Gasteiger partial charge on any atom is 0.287 e. The number of halogens is 7. The molecule has 0 atom stereocenters. The van der Waals surface area contributed by atoms with E-state index in [1.807, 2.05) is 0 Å². The topological polar surface area (TPSA) is 179 Å². The molecular formula is C58H43Cl3F4N8O6. The molecule has 0 bridgehead atoms. The predicted molar refractivity (Wildman–Crippen MR) is 295 cm³/mol. The molecule has 0 saturated carbocycles. The Labute approximate surface area is 465 Å². The van der Waals surface area contributed by atoms with Crippen molar-refractivity contribution in [2.75, 3.05) is 16.0 Å². The first-order valence-corrected chi connectivity index (χ1v) is 23.8. The number of terminal acetylenes is 1. The van der Waals surface area contributed by atoms with Crippen molar-refractivity contribution >= 4 is 69.6 Å². The smallest absolute Gasteiger partial charge is 0.287 e. The summed E-state index contributed by atoms with van der Waals surface area (Å²) in [5, 5.41) is 9.04. The van der Waals surface area contributed by atoms with E-state index in [1.165, 1.54) is 48.8 Å². The van der Waals surface area contributed by atoms with Crippen LogP contribution in [-0.4, -0.2) is 42.6 Å². The highest BCUT2D eigenvalue weighted by Gasteiger charge is 2.27. The molecule has 0 fully saturated rings. The number of aromatic nitrogens is 5. The zero-order valence-electron chi connectivity index (χ0n) is 40.7. The molecule has 0 aliphatic heterocycles. The SMILES string of the molecule is C.C#Cc1cccc(C(=O)Nc2cc(Cl)cc(Oc3cccnc3)c2)c1.CC(F)(F)c1cccc(C(=O)Nc2cc(Cl)cc(Oc3cncc(F)c3)c2)n1.Cc1cccc(C(=O)Nc2cc(Cl)cc(Oc3cncc(F)c3)c2)n1. The van der Waals surface area contributed by atoms with Crippen LogP contribution in [0, 0.1) is 30.9 Å². The van der Waals surface area contributed by atoms with Crippen LogP contribution in [0.4, 0.5) is 34.6 Å². The Bertz CT molecular complexity index is 3660. The van der Waals surface area contributed by atoms with Gasteiger partial charge in [0.15, 0.2) is 0 Å². The molecule has 5 aromatic heterocycles. The van der Waals surface area contributed by atoms with Crippen molar-refractivity contribution in [3.63, 3.8) is 0 Å². The zero-order valence-corrected chi connectivity index (χ0v) is 42.9. The summed E-state index contributed by atoms with van der Waals surface area (Å²) in [5.41, 5.74) is 2.61. The van der Waals surface area contributed by atoms with E-state index in [9.17, 15) is 31.9 Å². The number of aryl methyl sites for hydroxylation is 1. The number of alkyl halides is 2. The normalized spacial score (nSPS) is 10.4. The summed E-state index contributed by atoms with van der Waals surface area (Å²) < 4.78 is 69.9. The number of amides is 3. The molecule has 0 spiro atoms. The van der Waals surface area contributed by atoms with Crippen LogP contribution in [0.25, 0.3) is 0 Å². The van der Waals surface area contributed by atoms with Gasteiger partial charge >= 0.3 is 0 Å². The molecular weight excluding hydrogens is 1090 g/mol. The van der Waals surface area contributed by atoms with Crippen molar-refractivity contribution in [2.24, 2.45) is 0 Å². The first kappa shape index (κ1) is 58.8. The summed E-state index contributed by atoms with van der Waals surface area (Å²) in [6.07, 6.45) is 13.4. The zero-order chi connectivity index (χ0) is 55.8. The Kier molecular flexibility index (Phi) is 20.5. The molecule has 79 heavy (non-hydrogen) atoms. The van der Waals surface area contributed by atoms with E-state index in [-0.39, 0.29) is 58.6 Å². The van der Waals surface area contributed by atoms with Gasteiger partial charge in [-0.15, -0.1) is 6.42 Å². The predicted octanol–water partition coefficient (Wildman–Crippen LogP) is 15.4. The first-order chi connectivity index (χ1) is 37.3. The fourth-order valence-electron chi connectivity index (χ4n) is 6.61. The molecule has 0 unspecified atom stereocenters. The number of hydrogen-bond acceptors (Lipinski definition) is 11. The highest BCUT2D eigenvalue weighted by Crippen LogP contribution is 2.32. The van der Waals surface area contributed by atoms with Gasteiger partial charge in [0.1, 0.15) is 63.2 Å². The minimum Gasteiger partial charge on any atom is -0.456 e. The van der Waals surface area contributed by atoms with E-state index < -0.39 is 29.2 Å². The Morgan fingerprint density at radius 3 is 1.47 bits per heavy atom. The van der Waals surface area contributed by atoms with Gasteiger partial charge in [-0.1, -0.05) is 66.3 Å². The van der Waals surface area contributed by atoms with E-state index >= 15 is 0 Å². The second-order valence-electron chi connectivity index (χ2n) is 16.2. The molecule has 9 rings (SSSR count). The number of pyridine rings is 5. The lowest BCUT2D eigenvalue weighted by Gasteiger charge is -2.12. The first-order valence-electron chi connectivity index (χ1n) is 22.7. The van der Waals surface area contributed by atoms with Gasteiger partial charge in [-0.25, -0.2) is 18.7 Å². The lowest BCUT2D eigenvalue weighted by Crippen LogP contribution is -2.17. The second-order valence-corrected chi connectivity index (χ2v) is 17.6. The Hall–Kier alpha value is -9.41. The molecule has 3 N–H and O–H groups in total. The maximum absolute atomic E-state index is 13.4. The number of nitrogens with zero attached hydrogens (tertiary/aromatic N) is 5. The number of rotatable bonds is 13. The molecule has 3 amide bonds. The summed E-state index contributed by atoms with van der Waals surface area (Å²) in [7, 11) is 0. The van der Waals surface area contributed by atoms with Gasteiger partial charge in [0.2, 0.25) is 0 Å². The number of nitrogens with one attached hydrogen (secondary N) is 3. The van der Waals surface area contributed by atoms with Crippen LogP contribution in [0.5, 0.6) is 34.5 Å². The third-order valence-electron chi connectivity index (χ3n) is 9.93. The molecule has 400 valence electrons. The van der Waals surface area contributed by atoms with Crippen molar-refractivity contribution in [2.45, 2.75) is 27.2 Å². The molecule has 0 saturated heterocycles. The number of hydrogen-bond donors (Lipinski definition) is 3. The lowest BCUT2D eigenvalue weighted by molar-refractivity contribution is 0.0126. The molecule has 14 nitrogen and oxygen atoms in total. The van der Waals surface area contributed by atoms with E-state index in [2.05, 4.69) is 46.8 Å². The largest absolute Gasteiger partial charge is 0.456 e. The number of anilines is 3. The standard InChI is InChI=1S/C20H13ClN2O2.C19H13ClF3N3O2.C18H13ClFN3O2.CH4/c1-2-14-5-3-6-15(9-14)20(24)23-17-10-16(21)11-19(12-17)25-18-7-4-8-22-13-18;1-19(22,23)17-4-2-3-16(26-17)18(27)25-13-5-11(20)6-14(8-13)28-15-7-12(21)9-24-10-15;1-11-3-2-4-17(22-11)18(24)23-14-5-12(19)6-15(8-14)25-16-7-13(20)9-21-10-16;/h1,3-13H,(H,23,24);2-10H,1H3,(H,25,27);2-10H,1H3,(H,23,24);1H4. The Morgan fingerprint density at radius 2 is 1.00 bits per heavy atom. The molecule has 0 aliphatic rings. The fraction of sp³-hybridized carbons (Fsp3) is 0.0690. The summed E-state index contributed by atoms with van der Waals surface area (Å²) in [6, 6.07) is 35.6. The lowest BCUT2D eigenvalue weighted by atomic mass is 10.1. The van der Waals surface area contributed by atoms with Crippen LogP contribution in [0.2, 0.25) is 15.1 Å². The van der Waals surface area contributed by atoms with Gasteiger partial charge < -0.3 is 30.2 Å². The molecule has 5 heterocycles. The third kappa shape index (κ3) is 18.4. The van der Waals surface area contributed by atoms with Crippen molar-refractivity contribution in [1.82, 2.24) is 24.9 Å². The number of ether oxygens (including phenoxy) is 3. The van der Waals surface area contributed by atoms with E-state index in [0.717, 1.165) is 30.2 Å². The molecule has 4 aromatic carbocycles. The summed E-state index contributed by atoms with van der Waals surface area (Å²) >= 11 is 18.2. The highest BCUT2D eigenvalue weighted by atomic mass is 35.5. The van der Waals surface area contributed by atoms with Gasteiger partial charge in [-0.05, 0) is 97.9 Å². The average Bonchev–Trinajstić information content (AvgIpc) is 3.40. The Balaban J connectivity index is 0.000000191. The molecule has 0 radical (unpaired) electrons. The monoisotopic (exact) mass is 1130 g/mol. The van der Waals surface area contributed by atoms with Gasteiger partial charge in [-0.2, -0.15) is 8.78 Å². The fourth-order valence-corrected chi connectivity index (χ4v) is 7.29. The molecule has 0 aliphatic carbocycles. The molecule has 9 aromatic rings. The minimum atomic E-state index is -3.17. The number of carbonyl (C=O) groups excluding carboxylic acids is 3. The van der Waals surface area contributed by atoms with E-state index in [1.54, 1.807) is 110 Å². The minimum absolute atomic E-state index is 0. The second kappa shape index (κ2) is 27.6. The van der Waals surface area contributed by atoms with Crippen molar-refractivity contribution in [3.05, 3.63) is 237 Å². The van der Waals surface area contributed by atoms with E-state index in [4.69, 9.17) is 55.4 Å². The average molecular weight is 1130 g/mol. The maximum atomic E-state index is 13.4. The van der Waals surface area contributed by atoms with Crippen molar-refractivity contribution < 1.29 is 46.2 Å². The summed E-state index contributed by atoms with van der Waals surface area (Å²) in [6.45, 7) is 2.49. The quantitative estimate of drug-likeness (QED) is 0.0739. The van der Waals surface area contributed by atoms with Crippen LogP contribution in [0.3, 0.4) is 0 Å². The van der Waals surface area contributed by atoms with Crippen LogP contribution in [0.1, 0.15) is 62.6 Å². The highest BCUT2D eigenvalue weighted by molar-refractivity contribution is 6.32. The Morgan fingerprint density at radius 1 is 0.532 bits per heavy atom. The third-order valence-corrected chi connectivity index (χ3v) is 10.6. The van der Waals surface area contributed by atoms with Gasteiger partial charge in [0, 0.05) is 92.4 Å². The van der Waals surface area contributed by atoms with Crippen LogP contribution in [-0.2, 0) is 5.92 Å². The van der Waals surface area contributed by atoms with Gasteiger partial charge in [0.25, 0.3) is 23.6 Å². The van der Waals surface area contributed by atoms with Crippen LogP contribution < -0.4 is 30.2 Å².